The van der Waals surface area contributed by atoms with E-state index in [-0.39, 0.29) is 12.1 Å². The van der Waals surface area contributed by atoms with Crippen molar-refractivity contribution in [2.75, 3.05) is 29.6 Å². The first-order valence-corrected chi connectivity index (χ1v) is 9.52. The van der Waals surface area contributed by atoms with E-state index in [2.05, 4.69) is 20.8 Å². The predicted octanol–water partition coefficient (Wildman–Crippen LogP) is 3.57. The molecule has 1 aromatic carbocycles. The predicted molar refractivity (Wildman–Crippen MR) is 94.6 cm³/mol. The Labute approximate surface area is 152 Å². The molecule has 2 aromatic rings. The number of amides is 2. The van der Waals surface area contributed by atoms with Gasteiger partial charge in [0.2, 0.25) is 5.13 Å². The fourth-order valence-corrected chi connectivity index (χ4v) is 3.84. The zero-order valence-electron chi connectivity index (χ0n) is 13.2. The number of ether oxygens (including phenoxy) is 2. The summed E-state index contributed by atoms with van der Waals surface area (Å²) >= 11 is 2.83. The van der Waals surface area contributed by atoms with Crippen molar-refractivity contribution in [3.8, 4) is 0 Å². The smallest absolute Gasteiger partial charge is 0.325 e. The maximum absolute atomic E-state index is 12.8. The standard InChI is InChI=1S/C15H17FN4O3S2/c16-10-2-4-11(5-3-10)17-13(21)18-14-19-20-15(25-14)24-9-6-12-22-7-1-8-23-12/h2-5,12H,1,6-9H2,(H2,17,18,19,21). The van der Waals surface area contributed by atoms with E-state index in [9.17, 15) is 9.18 Å². The molecule has 134 valence electrons. The van der Waals surface area contributed by atoms with Crippen molar-refractivity contribution >= 4 is 39.9 Å². The van der Waals surface area contributed by atoms with Crippen molar-refractivity contribution in [2.24, 2.45) is 0 Å². The minimum atomic E-state index is -0.455. The number of benzene rings is 1. The molecule has 0 atom stereocenters. The van der Waals surface area contributed by atoms with Crippen LogP contribution < -0.4 is 10.6 Å². The van der Waals surface area contributed by atoms with E-state index in [1.54, 1.807) is 0 Å². The largest absolute Gasteiger partial charge is 0.353 e. The summed E-state index contributed by atoms with van der Waals surface area (Å²) in [7, 11) is 0. The number of anilines is 2. The fraction of sp³-hybridized carbons (Fsp3) is 0.400. The number of thioether (sulfide) groups is 1. The van der Waals surface area contributed by atoms with Gasteiger partial charge >= 0.3 is 6.03 Å². The van der Waals surface area contributed by atoms with Crippen LogP contribution in [0.5, 0.6) is 0 Å². The van der Waals surface area contributed by atoms with Crippen LogP contribution in [0.1, 0.15) is 12.8 Å². The summed E-state index contributed by atoms with van der Waals surface area (Å²) in [6, 6.07) is 5.05. The third-order valence-electron chi connectivity index (χ3n) is 3.20. The van der Waals surface area contributed by atoms with Crippen LogP contribution in [0.4, 0.5) is 20.0 Å². The number of halogens is 1. The third-order valence-corrected chi connectivity index (χ3v) is 5.21. The lowest BCUT2D eigenvalue weighted by Gasteiger charge is -2.22. The average molecular weight is 384 g/mol. The van der Waals surface area contributed by atoms with E-state index >= 15 is 0 Å². The molecule has 0 aliphatic carbocycles. The second-order valence-electron chi connectivity index (χ2n) is 5.12. The van der Waals surface area contributed by atoms with Gasteiger partial charge in [0.15, 0.2) is 10.6 Å². The van der Waals surface area contributed by atoms with Gasteiger partial charge in [-0.15, -0.1) is 10.2 Å². The molecule has 0 radical (unpaired) electrons. The lowest BCUT2D eigenvalue weighted by atomic mass is 10.3. The highest BCUT2D eigenvalue weighted by Crippen LogP contribution is 2.27. The molecule has 0 spiro atoms. The van der Waals surface area contributed by atoms with Gasteiger partial charge in [0.25, 0.3) is 0 Å². The molecule has 0 unspecified atom stereocenters. The summed E-state index contributed by atoms with van der Waals surface area (Å²) in [5.74, 6) is 0.432. The minimum Gasteiger partial charge on any atom is -0.353 e. The molecule has 25 heavy (non-hydrogen) atoms. The van der Waals surface area contributed by atoms with Gasteiger partial charge in [0.05, 0.1) is 13.2 Å². The Balaban J connectivity index is 1.41. The normalized spacial score (nSPS) is 15.1. The summed E-state index contributed by atoms with van der Waals surface area (Å²) in [5, 5.41) is 13.6. The van der Waals surface area contributed by atoms with Gasteiger partial charge in [-0.25, -0.2) is 9.18 Å². The Morgan fingerprint density at radius 1 is 1.24 bits per heavy atom. The van der Waals surface area contributed by atoms with Gasteiger partial charge in [-0.05, 0) is 30.7 Å². The molecule has 0 saturated carbocycles. The number of carbonyl (C=O) groups is 1. The monoisotopic (exact) mass is 384 g/mol. The van der Waals surface area contributed by atoms with E-state index in [4.69, 9.17) is 9.47 Å². The summed E-state index contributed by atoms with van der Waals surface area (Å²) in [5.41, 5.74) is 0.491. The van der Waals surface area contributed by atoms with Crippen LogP contribution in [-0.2, 0) is 9.47 Å². The third kappa shape index (κ3) is 5.92. The Hall–Kier alpha value is -1.75. The van der Waals surface area contributed by atoms with Crippen molar-refractivity contribution in [1.82, 2.24) is 10.2 Å². The second kappa shape index (κ2) is 9.09. The maximum atomic E-state index is 12.8. The number of carbonyl (C=O) groups excluding carboxylic acids is 1. The summed E-state index contributed by atoms with van der Waals surface area (Å²) in [4.78, 5) is 11.9. The van der Waals surface area contributed by atoms with Crippen LogP contribution in [0.25, 0.3) is 0 Å². The SMILES string of the molecule is O=C(Nc1ccc(F)cc1)Nc1nnc(SCCC2OCCCO2)s1. The van der Waals surface area contributed by atoms with Gasteiger partial charge < -0.3 is 14.8 Å². The average Bonchev–Trinajstić information content (AvgIpc) is 3.05. The summed E-state index contributed by atoms with van der Waals surface area (Å²) in [6.07, 6.45) is 1.57. The quantitative estimate of drug-likeness (QED) is 0.585. The molecular formula is C15H17FN4O3S2. The van der Waals surface area contributed by atoms with Gasteiger partial charge in [0, 0.05) is 17.9 Å². The Morgan fingerprint density at radius 3 is 2.76 bits per heavy atom. The molecule has 1 aliphatic rings. The number of nitrogens with zero attached hydrogens (tertiary/aromatic N) is 2. The van der Waals surface area contributed by atoms with Crippen LogP contribution in [0.2, 0.25) is 0 Å². The van der Waals surface area contributed by atoms with Crippen molar-refractivity contribution in [3.05, 3.63) is 30.1 Å². The Morgan fingerprint density at radius 2 is 2.00 bits per heavy atom. The first-order chi connectivity index (χ1) is 12.2. The zero-order valence-corrected chi connectivity index (χ0v) is 14.9. The first kappa shape index (κ1) is 18.1. The molecule has 7 nitrogen and oxygen atoms in total. The van der Waals surface area contributed by atoms with Gasteiger partial charge in [-0.2, -0.15) is 0 Å². The van der Waals surface area contributed by atoms with Crippen LogP contribution in [0.15, 0.2) is 28.6 Å². The minimum absolute atomic E-state index is 0.145. The Bertz CT molecular complexity index is 692. The first-order valence-electron chi connectivity index (χ1n) is 7.72. The second-order valence-corrected chi connectivity index (χ2v) is 7.44. The molecular weight excluding hydrogens is 367 g/mol. The van der Waals surface area contributed by atoms with E-state index in [0.717, 1.165) is 36.1 Å². The molecule has 1 saturated heterocycles. The molecule has 2 N–H and O–H groups in total. The van der Waals surface area contributed by atoms with Gasteiger partial charge in [-0.3, -0.25) is 5.32 Å². The fourth-order valence-electron chi connectivity index (χ4n) is 2.06. The van der Waals surface area contributed by atoms with E-state index in [1.165, 1.54) is 47.4 Å². The molecule has 0 bridgehead atoms. The van der Waals surface area contributed by atoms with E-state index in [1.807, 2.05) is 0 Å². The van der Waals surface area contributed by atoms with Gasteiger partial charge in [0.1, 0.15) is 5.82 Å². The highest BCUT2D eigenvalue weighted by molar-refractivity contribution is 8.01. The summed E-state index contributed by atoms with van der Waals surface area (Å²) < 4.78 is 24.6. The highest BCUT2D eigenvalue weighted by atomic mass is 32.2. The number of aromatic nitrogens is 2. The van der Waals surface area contributed by atoms with Crippen LogP contribution in [0, 0.1) is 5.82 Å². The number of urea groups is 1. The summed E-state index contributed by atoms with van der Waals surface area (Å²) in [6.45, 7) is 1.48. The van der Waals surface area contributed by atoms with E-state index in [0.29, 0.717) is 10.8 Å². The van der Waals surface area contributed by atoms with Crippen molar-refractivity contribution in [1.29, 1.82) is 0 Å². The molecule has 3 rings (SSSR count). The van der Waals surface area contributed by atoms with E-state index < -0.39 is 6.03 Å². The Kier molecular flexibility index (Phi) is 6.56. The zero-order chi connectivity index (χ0) is 17.5. The van der Waals surface area contributed by atoms with Crippen molar-refractivity contribution < 1.29 is 18.7 Å². The van der Waals surface area contributed by atoms with Crippen LogP contribution in [0.3, 0.4) is 0 Å². The molecule has 10 heteroatoms. The number of hydrogen-bond acceptors (Lipinski definition) is 7. The number of hydrogen-bond donors (Lipinski definition) is 2. The van der Waals surface area contributed by atoms with Crippen LogP contribution >= 0.6 is 23.1 Å². The molecule has 2 amide bonds. The highest BCUT2D eigenvalue weighted by Gasteiger charge is 2.15. The van der Waals surface area contributed by atoms with Crippen molar-refractivity contribution in [3.63, 3.8) is 0 Å². The maximum Gasteiger partial charge on any atom is 0.325 e. The van der Waals surface area contributed by atoms with Crippen LogP contribution in [-0.4, -0.2) is 41.5 Å². The van der Waals surface area contributed by atoms with Crippen molar-refractivity contribution in [2.45, 2.75) is 23.5 Å². The lowest BCUT2D eigenvalue weighted by molar-refractivity contribution is -0.178. The molecule has 1 aromatic heterocycles. The molecule has 2 heterocycles. The topological polar surface area (TPSA) is 85.4 Å². The molecule has 1 fully saturated rings. The lowest BCUT2D eigenvalue weighted by Crippen LogP contribution is -2.25. The number of nitrogens with one attached hydrogen (secondary N) is 2. The van der Waals surface area contributed by atoms with Gasteiger partial charge in [-0.1, -0.05) is 23.1 Å². The molecule has 1 aliphatic heterocycles. The number of rotatable bonds is 6.